The lowest BCUT2D eigenvalue weighted by Crippen LogP contribution is -2.49. The van der Waals surface area contributed by atoms with Crippen molar-refractivity contribution in [3.8, 4) is 22.9 Å². The van der Waals surface area contributed by atoms with Crippen LogP contribution in [0.4, 0.5) is 0 Å². The zero-order valence-electron chi connectivity index (χ0n) is 17.3. The van der Waals surface area contributed by atoms with Crippen molar-refractivity contribution in [1.82, 2.24) is 19.9 Å². The number of aromatic nitrogens is 2. The Hall–Kier alpha value is -3.10. The minimum atomic E-state index is -0.216. The molecule has 3 aromatic rings. The third-order valence-electron chi connectivity index (χ3n) is 5.50. The first-order valence-electron chi connectivity index (χ1n) is 9.96. The molecule has 1 saturated heterocycles. The number of para-hydroxylation sites is 1. The van der Waals surface area contributed by atoms with E-state index in [4.69, 9.17) is 20.9 Å². The normalized spacial score (nSPS) is 15.6. The quantitative estimate of drug-likeness (QED) is 0.645. The minimum absolute atomic E-state index is 0.0870. The summed E-state index contributed by atoms with van der Waals surface area (Å²) in [5.41, 5.74) is 1.07. The summed E-state index contributed by atoms with van der Waals surface area (Å²) >= 11 is 5.93. The van der Waals surface area contributed by atoms with Crippen LogP contribution >= 0.6 is 11.6 Å². The molecule has 0 spiro atoms. The van der Waals surface area contributed by atoms with Crippen molar-refractivity contribution in [3.63, 3.8) is 0 Å². The summed E-state index contributed by atoms with van der Waals surface area (Å²) in [4.78, 5) is 21.3. The Morgan fingerprint density at radius 1 is 1.16 bits per heavy atom. The van der Waals surface area contributed by atoms with Crippen molar-refractivity contribution in [2.24, 2.45) is 0 Å². The number of aromatic hydroxyl groups is 1. The first-order chi connectivity index (χ1) is 15.0. The predicted molar refractivity (Wildman–Crippen MR) is 115 cm³/mol. The number of rotatable bonds is 5. The average molecular weight is 443 g/mol. The van der Waals surface area contributed by atoms with Crippen molar-refractivity contribution in [2.75, 3.05) is 33.3 Å². The Balaban J connectivity index is 1.40. The highest BCUT2D eigenvalue weighted by molar-refractivity contribution is 6.30. The van der Waals surface area contributed by atoms with E-state index in [1.54, 1.807) is 35.2 Å². The molecule has 1 aliphatic heterocycles. The van der Waals surface area contributed by atoms with Crippen LogP contribution in [0, 0.1) is 0 Å². The van der Waals surface area contributed by atoms with Gasteiger partial charge < -0.3 is 19.3 Å². The maximum absolute atomic E-state index is 12.9. The lowest BCUT2D eigenvalue weighted by molar-refractivity contribution is 0.0548. The van der Waals surface area contributed by atoms with Crippen LogP contribution in [0.3, 0.4) is 0 Å². The van der Waals surface area contributed by atoms with E-state index in [9.17, 15) is 9.90 Å². The minimum Gasteiger partial charge on any atom is -0.504 e. The van der Waals surface area contributed by atoms with Crippen LogP contribution in [-0.4, -0.2) is 64.2 Å². The monoisotopic (exact) mass is 442 g/mol. The number of methoxy groups -OCH3 is 1. The molecule has 0 aliphatic carbocycles. The zero-order valence-corrected chi connectivity index (χ0v) is 18.0. The second-order valence-electron chi connectivity index (χ2n) is 7.32. The molecule has 9 heteroatoms. The van der Waals surface area contributed by atoms with Crippen molar-refractivity contribution < 1.29 is 19.2 Å². The molecular weight excluding hydrogens is 420 g/mol. The molecule has 0 saturated carbocycles. The molecule has 8 nitrogen and oxygen atoms in total. The molecule has 1 unspecified atom stereocenters. The topological polar surface area (TPSA) is 91.9 Å². The van der Waals surface area contributed by atoms with Gasteiger partial charge in [-0.3, -0.25) is 9.69 Å². The van der Waals surface area contributed by atoms with Gasteiger partial charge in [0, 0.05) is 36.8 Å². The molecule has 1 atom stereocenters. The standard InChI is InChI=1S/C22H23ClN4O4/c1-14(21-24-20(25-31-21)15-6-8-16(23)9-7-15)26-10-12-27(13-11-26)22(29)17-4-3-5-18(30-2)19(17)28/h3-9,14,28H,10-13H2,1-2H3. The molecule has 31 heavy (non-hydrogen) atoms. The number of carbonyl (C=O) groups excluding carboxylic acids is 1. The van der Waals surface area contributed by atoms with Crippen LogP contribution in [0.15, 0.2) is 47.0 Å². The largest absolute Gasteiger partial charge is 0.504 e. The van der Waals surface area contributed by atoms with Gasteiger partial charge in [-0.1, -0.05) is 22.8 Å². The predicted octanol–water partition coefficient (Wildman–Crippen LogP) is 3.62. The van der Waals surface area contributed by atoms with Gasteiger partial charge in [-0.2, -0.15) is 4.98 Å². The number of halogens is 1. The summed E-state index contributed by atoms with van der Waals surface area (Å²) in [5.74, 6) is 0.972. The van der Waals surface area contributed by atoms with Gasteiger partial charge in [0.1, 0.15) is 0 Å². The maximum atomic E-state index is 12.9. The summed E-state index contributed by atoms with van der Waals surface area (Å²) in [7, 11) is 1.46. The molecule has 0 bridgehead atoms. The fraction of sp³-hybridized carbons (Fsp3) is 0.318. The van der Waals surface area contributed by atoms with Crippen LogP contribution in [0.1, 0.15) is 29.2 Å². The zero-order chi connectivity index (χ0) is 22.0. The molecule has 1 aliphatic rings. The van der Waals surface area contributed by atoms with Crippen LogP contribution < -0.4 is 4.74 Å². The third kappa shape index (κ3) is 4.35. The van der Waals surface area contributed by atoms with Gasteiger partial charge >= 0.3 is 0 Å². The number of nitrogens with zero attached hydrogens (tertiary/aromatic N) is 4. The van der Waals surface area contributed by atoms with E-state index in [-0.39, 0.29) is 29.0 Å². The molecule has 4 rings (SSSR count). The number of hydrogen-bond donors (Lipinski definition) is 1. The second kappa shape index (κ2) is 8.95. The Labute approximate surface area is 185 Å². The van der Waals surface area contributed by atoms with Gasteiger partial charge in [0.15, 0.2) is 11.5 Å². The Morgan fingerprint density at radius 3 is 2.55 bits per heavy atom. The van der Waals surface area contributed by atoms with E-state index < -0.39 is 0 Å². The summed E-state index contributed by atoms with van der Waals surface area (Å²) in [6, 6.07) is 12.1. The van der Waals surface area contributed by atoms with Crippen molar-refractivity contribution in [1.29, 1.82) is 0 Å². The molecule has 1 amide bonds. The maximum Gasteiger partial charge on any atom is 0.257 e. The van der Waals surface area contributed by atoms with E-state index in [2.05, 4.69) is 15.0 Å². The first kappa shape index (κ1) is 21.1. The van der Waals surface area contributed by atoms with E-state index in [1.807, 2.05) is 19.1 Å². The van der Waals surface area contributed by atoms with Crippen molar-refractivity contribution in [2.45, 2.75) is 13.0 Å². The summed E-state index contributed by atoms with van der Waals surface area (Å²) < 4.78 is 10.6. The molecule has 1 fully saturated rings. The lowest BCUT2D eigenvalue weighted by atomic mass is 10.1. The molecule has 162 valence electrons. The molecule has 1 aromatic heterocycles. The second-order valence-corrected chi connectivity index (χ2v) is 7.76. The highest BCUT2D eigenvalue weighted by atomic mass is 35.5. The average Bonchev–Trinajstić information content (AvgIpc) is 3.29. The number of phenolic OH excluding ortho intramolecular Hbond substituents is 1. The highest BCUT2D eigenvalue weighted by Gasteiger charge is 2.29. The fourth-order valence-electron chi connectivity index (χ4n) is 3.62. The Kier molecular flexibility index (Phi) is 6.11. The molecular formula is C22H23ClN4O4. The number of piperazine rings is 1. The first-order valence-corrected chi connectivity index (χ1v) is 10.3. The number of phenols is 1. The highest BCUT2D eigenvalue weighted by Crippen LogP contribution is 2.31. The number of benzene rings is 2. The van der Waals surface area contributed by atoms with Gasteiger partial charge in [0.25, 0.3) is 5.91 Å². The van der Waals surface area contributed by atoms with Crippen molar-refractivity contribution >= 4 is 17.5 Å². The fourth-order valence-corrected chi connectivity index (χ4v) is 3.75. The Morgan fingerprint density at radius 2 is 1.87 bits per heavy atom. The Bertz CT molecular complexity index is 1060. The van der Waals surface area contributed by atoms with Crippen LogP contribution in [0.2, 0.25) is 5.02 Å². The lowest BCUT2D eigenvalue weighted by Gasteiger charge is -2.36. The molecule has 2 heterocycles. The van der Waals surface area contributed by atoms with Crippen molar-refractivity contribution in [3.05, 3.63) is 58.9 Å². The summed E-state index contributed by atoms with van der Waals surface area (Å²) in [6.45, 7) is 4.35. The van der Waals surface area contributed by atoms with E-state index >= 15 is 0 Å². The van der Waals surface area contributed by atoms with Crippen LogP contribution in [0.25, 0.3) is 11.4 Å². The van der Waals surface area contributed by atoms with Gasteiger partial charge in [0.05, 0.1) is 18.7 Å². The summed E-state index contributed by atoms with van der Waals surface area (Å²) in [6.07, 6.45) is 0. The number of ether oxygens (including phenoxy) is 1. The smallest absolute Gasteiger partial charge is 0.257 e. The van der Waals surface area contributed by atoms with Gasteiger partial charge in [-0.25, -0.2) is 0 Å². The molecule has 1 N–H and O–H groups in total. The number of amides is 1. The SMILES string of the molecule is COc1cccc(C(=O)N2CCN(C(C)c3nc(-c4ccc(Cl)cc4)no3)CC2)c1O. The molecule has 2 aromatic carbocycles. The van der Waals surface area contributed by atoms with Gasteiger partial charge in [-0.15, -0.1) is 0 Å². The number of hydrogen-bond acceptors (Lipinski definition) is 7. The van der Waals surface area contributed by atoms with E-state index in [1.165, 1.54) is 7.11 Å². The van der Waals surface area contributed by atoms with E-state index in [0.29, 0.717) is 42.9 Å². The van der Waals surface area contributed by atoms with Crippen LogP contribution in [0.5, 0.6) is 11.5 Å². The summed E-state index contributed by atoms with van der Waals surface area (Å²) in [5, 5.41) is 15.0. The van der Waals surface area contributed by atoms with E-state index in [0.717, 1.165) is 5.56 Å². The molecule has 0 radical (unpaired) electrons. The third-order valence-corrected chi connectivity index (χ3v) is 5.75. The van der Waals surface area contributed by atoms with Crippen LogP contribution in [-0.2, 0) is 0 Å². The van der Waals surface area contributed by atoms with Gasteiger partial charge in [-0.05, 0) is 43.3 Å². The number of carbonyl (C=O) groups is 1. The van der Waals surface area contributed by atoms with Gasteiger partial charge in [0.2, 0.25) is 11.7 Å².